The van der Waals surface area contributed by atoms with Crippen LogP contribution < -0.4 is 5.43 Å². The number of benzene rings is 1. The Balaban J connectivity index is 2.01. The summed E-state index contributed by atoms with van der Waals surface area (Å²) in [4.78, 5) is 11.0. The lowest BCUT2D eigenvalue weighted by atomic mass is 9.84. The van der Waals surface area contributed by atoms with E-state index < -0.39 is 6.09 Å². The lowest BCUT2D eigenvalue weighted by molar-refractivity contribution is 0.171. The number of carbonyl (C=O) groups excluding carboxylic acids is 1. The summed E-state index contributed by atoms with van der Waals surface area (Å²) in [7, 11) is 1.32. The first kappa shape index (κ1) is 14.6. The Bertz CT molecular complexity index is 474. The molecule has 4 nitrogen and oxygen atoms in total. The molecule has 0 bridgehead atoms. The van der Waals surface area contributed by atoms with Gasteiger partial charge in [-0.25, -0.2) is 10.2 Å². The SMILES string of the molecule is COC(=O)N/N=C(\C)c1ccc(C2CCCCC2)cc1. The molecule has 2 rings (SSSR count). The van der Waals surface area contributed by atoms with Gasteiger partial charge in [-0.2, -0.15) is 5.10 Å². The van der Waals surface area contributed by atoms with Crippen molar-refractivity contribution in [2.75, 3.05) is 7.11 Å². The third-order valence-electron chi connectivity index (χ3n) is 3.91. The van der Waals surface area contributed by atoms with Gasteiger partial charge < -0.3 is 4.74 Å². The van der Waals surface area contributed by atoms with Crippen molar-refractivity contribution < 1.29 is 9.53 Å². The van der Waals surface area contributed by atoms with Gasteiger partial charge in [-0.05, 0) is 36.8 Å². The van der Waals surface area contributed by atoms with E-state index in [4.69, 9.17) is 0 Å². The summed E-state index contributed by atoms with van der Waals surface area (Å²) in [5.41, 5.74) is 5.54. The van der Waals surface area contributed by atoms with E-state index in [1.54, 1.807) is 0 Å². The lowest BCUT2D eigenvalue weighted by Gasteiger charge is -2.22. The second-order valence-corrected chi connectivity index (χ2v) is 5.26. The molecule has 0 aromatic heterocycles. The highest BCUT2D eigenvalue weighted by Gasteiger charge is 2.15. The average Bonchev–Trinajstić information content (AvgIpc) is 2.53. The molecule has 108 valence electrons. The van der Waals surface area contributed by atoms with Crippen LogP contribution in [0.4, 0.5) is 4.79 Å². The molecule has 0 spiro atoms. The van der Waals surface area contributed by atoms with Crippen molar-refractivity contribution in [1.82, 2.24) is 5.43 Å². The number of hydrazone groups is 1. The summed E-state index contributed by atoms with van der Waals surface area (Å²) in [5.74, 6) is 0.711. The summed E-state index contributed by atoms with van der Waals surface area (Å²) in [6.45, 7) is 1.87. The second-order valence-electron chi connectivity index (χ2n) is 5.26. The van der Waals surface area contributed by atoms with Gasteiger partial charge in [0.2, 0.25) is 0 Å². The van der Waals surface area contributed by atoms with Gasteiger partial charge in [-0.1, -0.05) is 43.5 Å². The molecular weight excluding hydrogens is 252 g/mol. The van der Waals surface area contributed by atoms with E-state index in [2.05, 4.69) is 39.5 Å². The monoisotopic (exact) mass is 274 g/mol. The summed E-state index contributed by atoms with van der Waals surface area (Å²) in [6, 6.07) is 8.51. The van der Waals surface area contributed by atoms with Gasteiger partial charge in [0, 0.05) is 0 Å². The van der Waals surface area contributed by atoms with Crippen LogP contribution in [0, 0.1) is 0 Å². The summed E-state index contributed by atoms with van der Waals surface area (Å²) in [5, 5.41) is 4.00. The minimum Gasteiger partial charge on any atom is -0.452 e. The molecule has 20 heavy (non-hydrogen) atoms. The summed E-state index contributed by atoms with van der Waals surface area (Å²) < 4.78 is 4.48. The van der Waals surface area contributed by atoms with Crippen molar-refractivity contribution in [1.29, 1.82) is 0 Å². The Labute approximate surface area is 120 Å². The predicted molar refractivity (Wildman–Crippen MR) is 80.0 cm³/mol. The highest BCUT2D eigenvalue weighted by molar-refractivity contribution is 5.99. The molecule has 0 radical (unpaired) electrons. The molecule has 0 heterocycles. The quantitative estimate of drug-likeness (QED) is 0.673. The van der Waals surface area contributed by atoms with Crippen LogP contribution in [0.25, 0.3) is 0 Å². The van der Waals surface area contributed by atoms with Crippen LogP contribution in [-0.4, -0.2) is 18.9 Å². The summed E-state index contributed by atoms with van der Waals surface area (Å²) >= 11 is 0. The fraction of sp³-hybridized carbons (Fsp3) is 0.500. The number of hydrogen-bond donors (Lipinski definition) is 1. The van der Waals surface area contributed by atoms with Crippen molar-refractivity contribution in [2.24, 2.45) is 5.10 Å². The molecule has 1 N–H and O–H groups in total. The van der Waals surface area contributed by atoms with Gasteiger partial charge >= 0.3 is 6.09 Å². The van der Waals surface area contributed by atoms with Crippen LogP contribution in [0.3, 0.4) is 0 Å². The largest absolute Gasteiger partial charge is 0.452 e. The molecule has 4 heteroatoms. The van der Waals surface area contributed by atoms with Crippen LogP contribution in [-0.2, 0) is 4.74 Å². The van der Waals surface area contributed by atoms with Crippen molar-refractivity contribution in [3.63, 3.8) is 0 Å². The van der Waals surface area contributed by atoms with Crippen LogP contribution in [0.1, 0.15) is 56.1 Å². The number of hydrogen-bond acceptors (Lipinski definition) is 3. The molecular formula is C16H22N2O2. The number of rotatable bonds is 3. The highest BCUT2D eigenvalue weighted by atomic mass is 16.5. The Morgan fingerprint density at radius 1 is 1.20 bits per heavy atom. The normalized spacial score (nSPS) is 16.8. The highest BCUT2D eigenvalue weighted by Crippen LogP contribution is 2.32. The molecule has 0 unspecified atom stereocenters. The van der Waals surface area contributed by atoms with Crippen molar-refractivity contribution in [3.05, 3.63) is 35.4 Å². The topological polar surface area (TPSA) is 50.7 Å². The van der Waals surface area contributed by atoms with Gasteiger partial charge in [-0.3, -0.25) is 0 Å². The Hall–Kier alpha value is -1.84. The third kappa shape index (κ3) is 3.83. The average molecular weight is 274 g/mol. The van der Waals surface area contributed by atoms with E-state index in [-0.39, 0.29) is 0 Å². The van der Waals surface area contributed by atoms with Gasteiger partial charge in [-0.15, -0.1) is 0 Å². The van der Waals surface area contributed by atoms with E-state index in [0.717, 1.165) is 11.3 Å². The molecule has 1 amide bonds. The third-order valence-corrected chi connectivity index (χ3v) is 3.91. The lowest BCUT2D eigenvalue weighted by Crippen LogP contribution is -2.18. The van der Waals surface area contributed by atoms with Crippen LogP contribution >= 0.6 is 0 Å². The fourth-order valence-electron chi connectivity index (χ4n) is 2.67. The van der Waals surface area contributed by atoms with Crippen molar-refractivity contribution in [2.45, 2.75) is 44.9 Å². The standard InChI is InChI=1S/C16H22N2O2/c1-12(17-18-16(19)20-2)13-8-10-15(11-9-13)14-6-4-3-5-7-14/h8-11,14H,3-7H2,1-2H3,(H,18,19)/b17-12+. The molecule has 0 saturated heterocycles. The summed E-state index contributed by atoms with van der Waals surface area (Å²) in [6.07, 6.45) is 6.11. The zero-order valence-corrected chi connectivity index (χ0v) is 12.2. The van der Waals surface area contributed by atoms with Crippen molar-refractivity contribution in [3.8, 4) is 0 Å². The van der Waals surface area contributed by atoms with Gasteiger partial charge in [0.1, 0.15) is 0 Å². The van der Waals surface area contributed by atoms with E-state index in [1.807, 2.05) is 6.92 Å². The molecule has 1 aromatic rings. The predicted octanol–water partition coefficient (Wildman–Crippen LogP) is 3.81. The maximum absolute atomic E-state index is 11.0. The zero-order chi connectivity index (χ0) is 14.4. The first-order chi connectivity index (χ1) is 9.70. The molecule has 1 saturated carbocycles. The number of nitrogens with one attached hydrogen (secondary N) is 1. The molecule has 0 aliphatic heterocycles. The van der Waals surface area contributed by atoms with E-state index in [9.17, 15) is 4.79 Å². The first-order valence-corrected chi connectivity index (χ1v) is 7.19. The zero-order valence-electron chi connectivity index (χ0n) is 12.2. The maximum Gasteiger partial charge on any atom is 0.427 e. The first-order valence-electron chi connectivity index (χ1n) is 7.19. The van der Waals surface area contributed by atoms with E-state index in [0.29, 0.717) is 5.92 Å². The van der Waals surface area contributed by atoms with Crippen LogP contribution in [0.2, 0.25) is 0 Å². The molecule has 1 aliphatic rings. The number of carbonyl (C=O) groups is 1. The smallest absolute Gasteiger partial charge is 0.427 e. The Kier molecular flexibility index (Phi) is 5.16. The van der Waals surface area contributed by atoms with E-state index in [1.165, 1.54) is 44.8 Å². The van der Waals surface area contributed by atoms with E-state index >= 15 is 0 Å². The molecule has 1 fully saturated rings. The Morgan fingerprint density at radius 3 is 2.45 bits per heavy atom. The minimum absolute atomic E-state index is 0.553. The number of methoxy groups -OCH3 is 1. The molecule has 1 aromatic carbocycles. The van der Waals surface area contributed by atoms with Crippen molar-refractivity contribution >= 4 is 11.8 Å². The molecule has 0 atom stereocenters. The molecule has 1 aliphatic carbocycles. The van der Waals surface area contributed by atoms with Crippen LogP contribution in [0.15, 0.2) is 29.4 Å². The van der Waals surface area contributed by atoms with Gasteiger partial charge in [0.25, 0.3) is 0 Å². The second kappa shape index (κ2) is 7.08. The van der Waals surface area contributed by atoms with Gasteiger partial charge in [0.05, 0.1) is 12.8 Å². The maximum atomic E-state index is 11.0. The fourth-order valence-corrected chi connectivity index (χ4v) is 2.67. The van der Waals surface area contributed by atoms with Crippen LogP contribution in [0.5, 0.6) is 0 Å². The van der Waals surface area contributed by atoms with Gasteiger partial charge in [0.15, 0.2) is 0 Å². The number of ether oxygens (including phenoxy) is 1. The number of nitrogens with zero attached hydrogens (tertiary/aromatic N) is 1. The number of amides is 1. The Morgan fingerprint density at radius 2 is 1.85 bits per heavy atom. The minimum atomic E-state index is -0.553.